The van der Waals surface area contributed by atoms with Crippen LogP contribution in [-0.2, 0) is 6.42 Å². The zero-order chi connectivity index (χ0) is 14.0. The fourth-order valence-corrected chi connectivity index (χ4v) is 2.90. The molecule has 5 heteroatoms. The predicted molar refractivity (Wildman–Crippen MR) is 79.2 cm³/mol. The van der Waals surface area contributed by atoms with Crippen molar-refractivity contribution >= 4 is 39.1 Å². The third-order valence-electron chi connectivity index (χ3n) is 2.75. The number of aliphatic hydroxyl groups is 1. The highest BCUT2D eigenvalue weighted by molar-refractivity contribution is 9.10. The second-order valence-electron chi connectivity index (χ2n) is 4.10. The molecule has 100 valence electrons. The highest BCUT2D eigenvalue weighted by atomic mass is 79.9. The van der Waals surface area contributed by atoms with Gasteiger partial charge in [0.1, 0.15) is 5.82 Å². The summed E-state index contributed by atoms with van der Waals surface area (Å²) in [7, 11) is 0. The summed E-state index contributed by atoms with van der Waals surface area (Å²) in [5, 5.41) is 11.1. The number of benzene rings is 2. The maximum atomic E-state index is 13.1. The van der Waals surface area contributed by atoms with Crippen LogP contribution in [-0.4, -0.2) is 5.11 Å². The third-order valence-corrected chi connectivity index (χ3v) is 4.01. The Morgan fingerprint density at radius 2 is 1.79 bits per heavy atom. The van der Waals surface area contributed by atoms with Crippen LogP contribution in [0.2, 0.25) is 10.0 Å². The summed E-state index contributed by atoms with van der Waals surface area (Å²) in [5.41, 5.74) is 1.28. The van der Waals surface area contributed by atoms with Gasteiger partial charge in [0.25, 0.3) is 0 Å². The average molecular weight is 364 g/mol. The molecule has 1 nitrogen and oxygen atoms in total. The van der Waals surface area contributed by atoms with Gasteiger partial charge in [0.15, 0.2) is 0 Å². The van der Waals surface area contributed by atoms with Crippen molar-refractivity contribution in [2.24, 2.45) is 0 Å². The first-order valence-electron chi connectivity index (χ1n) is 5.55. The lowest BCUT2D eigenvalue weighted by atomic mass is 10.0. The Hall–Kier alpha value is -0.610. The fourth-order valence-electron chi connectivity index (χ4n) is 1.82. The molecule has 0 fully saturated rings. The second-order valence-corrected chi connectivity index (χ2v) is 5.77. The van der Waals surface area contributed by atoms with E-state index in [0.717, 1.165) is 5.56 Å². The molecule has 1 N–H and O–H groups in total. The molecule has 0 heterocycles. The van der Waals surface area contributed by atoms with Crippen molar-refractivity contribution in [3.05, 3.63) is 67.9 Å². The third kappa shape index (κ3) is 3.48. The highest BCUT2D eigenvalue weighted by Crippen LogP contribution is 2.32. The van der Waals surface area contributed by atoms with Gasteiger partial charge in [-0.15, -0.1) is 0 Å². The Labute approximate surface area is 129 Å². The van der Waals surface area contributed by atoms with E-state index < -0.39 is 6.10 Å². The van der Waals surface area contributed by atoms with Crippen molar-refractivity contribution in [2.45, 2.75) is 12.5 Å². The van der Waals surface area contributed by atoms with Crippen molar-refractivity contribution < 1.29 is 9.50 Å². The smallest absolute Gasteiger partial charge is 0.137 e. The molecular weight excluding hydrogens is 354 g/mol. The van der Waals surface area contributed by atoms with Crippen molar-refractivity contribution in [3.63, 3.8) is 0 Å². The molecule has 0 radical (unpaired) electrons. The van der Waals surface area contributed by atoms with Gasteiger partial charge in [-0.1, -0.05) is 35.3 Å². The molecule has 0 aliphatic heterocycles. The normalized spacial score (nSPS) is 12.5. The zero-order valence-corrected chi connectivity index (χ0v) is 12.8. The molecule has 1 atom stereocenters. The summed E-state index contributed by atoms with van der Waals surface area (Å²) in [4.78, 5) is 0. The first kappa shape index (κ1) is 14.8. The second kappa shape index (κ2) is 6.23. The van der Waals surface area contributed by atoms with Gasteiger partial charge in [0.05, 0.1) is 10.6 Å². The summed E-state index contributed by atoms with van der Waals surface area (Å²) in [6, 6.07) is 9.66. The fraction of sp³-hybridized carbons (Fsp3) is 0.143. The molecule has 0 saturated carbocycles. The summed E-state index contributed by atoms with van der Waals surface area (Å²) in [6.45, 7) is 0. The van der Waals surface area contributed by atoms with Crippen LogP contribution >= 0.6 is 39.1 Å². The molecule has 0 bridgehead atoms. The number of halogens is 4. The summed E-state index contributed by atoms with van der Waals surface area (Å²) >= 11 is 15.2. The van der Waals surface area contributed by atoms with E-state index in [-0.39, 0.29) is 5.82 Å². The van der Waals surface area contributed by atoms with Gasteiger partial charge in [-0.25, -0.2) is 4.39 Å². The summed E-state index contributed by atoms with van der Waals surface area (Å²) in [5.74, 6) is -0.339. The van der Waals surface area contributed by atoms with Crippen molar-refractivity contribution in [3.8, 4) is 0 Å². The summed E-state index contributed by atoms with van der Waals surface area (Å²) < 4.78 is 13.5. The Bertz CT molecular complexity index is 584. The van der Waals surface area contributed by atoms with Gasteiger partial charge in [0.2, 0.25) is 0 Å². The minimum Gasteiger partial charge on any atom is -0.388 e. The maximum Gasteiger partial charge on any atom is 0.137 e. The molecule has 0 aliphatic carbocycles. The quantitative estimate of drug-likeness (QED) is 0.797. The molecule has 2 aromatic carbocycles. The Kier molecular flexibility index (Phi) is 4.85. The first-order chi connectivity index (χ1) is 8.99. The van der Waals surface area contributed by atoms with Crippen LogP contribution in [0.25, 0.3) is 0 Å². The van der Waals surface area contributed by atoms with E-state index in [4.69, 9.17) is 23.2 Å². The van der Waals surface area contributed by atoms with E-state index in [0.29, 0.717) is 26.5 Å². The predicted octanol–water partition coefficient (Wildman–Crippen LogP) is 5.17. The molecule has 0 spiro atoms. The summed E-state index contributed by atoms with van der Waals surface area (Å²) in [6.07, 6.45) is -0.527. The molecule has 0 aliphatic rings. The van der Waals surface area contributed by atoms with E-state index in [1.54, 1.807) is 30.3 Å². The highest BCUT2D eigenvalue weighted by Gasteiger charge is 2.16. The van der Waals surface area contributed by atoms with Crippen molar-refractivity contribution in [1.82, 2.24) is 0 Å². The van der Waals surface area contributed by atoms with Crippen LogP contribution in [0, 0.1) is 5.82 Å². The van der Waals surface area contributed by atoms with Crippen LogP contribution in [0.1, 0.15) is 17.2 Å². The van der Waals surface area contributed by atoms with E-state index in [1.165, 1.54) is 6.07 Å². The van der Waals surface area contributed by atoms with Crippen LogP contribution in [0.3, 0.4) is 0 Å². The minimum absolute atomic E-state index is 0.308. The maximum absolute atomic E-state index is 13.1. The van der Waals surface area contributed by atoms with Crippen molar-refractivity contribution in [2.75, 3.05) is 0 Å². The molecular formula is C14H10BrCl2FO. The number of aliphatic hydroxyl groups excluding tert-OH is 1. The van der Waals surface area contributed by atoms with Crippen molar-refractivity contribution in [1.29, 1.82) is 0 Å². The SMILES string of the molecule is OC(Cc1ccc(F)c(Br)c1)c1c(Cl)cccc1Cl. The average Bonchev–Trinajstić information content (AvgIpc) is 2.33. The Balaban J connectivity index is 2.25. The van der Waals surface area contributed by atoms with Gasteiger partial charge < -0.3 is 5.11 Å². The minimum atomic E-state index is -0.835. The van der Waals surface area contributed by atoms with E-state index in [1.807, 2.05) is 0 Å². The molecule has 0 saturated heterocycles. The van der Waals surface area contributed by atoms with E-state index >= 15 is 0 Å². The van der Waals surface area contributed by atoms with Gasteiger partial charge in [-0.3, -0.25) is 0 Å². The number of hydrogen-bond acceptors (Lipinski definition) is 1. The number of hydrogen-bond donors (Lipinski definition) is 1. The van der Waals surface area contributed by atoms with Gasteiger partial charge in [-0.2, -0.15) is 0 Å². The number of rotatable bonds is 3. The molecule has 0 amide bonds. The molecule has 0 aromatic heterocycles. The molecule has 19 heavy (non-hydrogen) atoms. The standard InChI is InChI=1S/C14H10BrCl2FO/c15-9-6-8(4-5-12(9)18)7-13(19)14-10(16)2-1-3-11(14)17/h1-6,13,19H,7H2. The van der Waals surface area contributed by atoms with E-state index in [9.17, 15) is 9.50 Å². The lowest BCUT2D eigenvalue weighted by Crippen LogP contribution is -2.03. The molecule has 2 rings (SSSR count). The van der Waals surface area contributed by atoms with Gasteiger partial charge in [-0.05, 0) is 45.8 Å². The Morgan fingerprint density at radius 1 is 1.16 bits per heavy atom. The molecule has 1 unspecified atom stereocenters. The van der Waals surface area contributed by atoms with Crippen LogP contribution in [0.4, 0.5) is 4.39 Å². The largest absolute Gasteiger partial charge is 0.388 e. The van der Waals surface area contributed by atoms with Crippen LogP contribution in [0.15, 0.2) is 40.9 Å². The van der Waals surface area contributed by atoms with Gasteiger partial charge in [0, 0.05) is 22.0 Å². The van der Waals surface area contributed by atoms with Crippen LogP contribution < -0.4 is 0 Å². The van der Waals surface area contributed by atoms with E-state index in [2.05, 4.69) is 15.9 Å². The topological polar surface area (TPSA) is 20.2 Å². The first-order valence-corrected chi connectivity index (χ1v) is 7.10. The lowest BCUT2D eigenvalue weighted by molar-refractivity contribution is 0.178. The zero-order valence-electron chi connectivity index (χ0n) is 9.71. The lowest BCUT2D eigenvalue weighted by Gasteiger charge is -2.14. The van der Waals surface area contributed by atoms with Crippen LogP contribution in [0.5, 0.6) is 0 Å². The monoisotopic (exact) mass is 362 g/mol. The molecule has 2 aromatic rings. The Morgan fingerprint density at radius 3 is 2.37 bits per heavy atom. The van der Waals surface area contributed by atoms with Gasteiger partial charge >= 0.3 is 0 Å².